The Kier molecular flexibility index (Phi) is 6.45. The number of nitrogens with zero attached hydrogens (tertiary/aromatic N) is 1. The van der Waals surface area contributed by atoms with Crippen molar-refractivity contribution in [3.63, 3.8) is 0 Å². The first-order valence-corrected chi connectivity index (χ1v) is 6.71. The van der Waals surface area contributed by atoms with E-state index in [-0.39, 0.29) is 18.0 Å². The smallest absolute Gasteiger partial charge is 0.303 e. The predicted octanol–water partition coefficient (Wildman–Crippen LogP) is 2.91. The van der Waals surface area contributed by atoms with Crippen molar-refractivity contribution in [1.29, 1.82) is 0 Å². The SMILES string of the molecule is COc1cc(NCCC(C)CCC(=O)O)cc([N+](=O)[O-])c1. The lowest BCUT2D eigenvalue weighted by atomic mass is 10.0. The lowest BCUT2D eigenvalue weighted by Gasteiger charge is -2.12. The summed E-state index contributed by atoms with van der Waals surface area (Å²) < 4.78 is 5.03. The van der Waals surface area contributed by atoms with Crippen LogP contribution in [0.4, 0.5) is 11.4 Å². The van der Waals surface area contributed by atoms with E-state index in [1.165, 1.54) is 19.2 Å². The van der Waals surface area contributed by atoms with E-state index in [1.54, 1.807) is 6.07 Å². The first-order chi connectivity index (χ1) is 9.92. The Labute approximate surface area is 123 Å². The molecular formula is C14H20N2O5. The van der Waals surface area contributed by atoms with E-state index in [0.717, 1.165) is 6.42 Å². The van der Waals surface area contributed by atoms with Gasteiger partial charge in [-0.1, -0.05) is 6.92 Å². The van der Waals surface area contributed by atoms with Gasteiger partial charge >= 0.3 is 5.97 Å². The number of methoxy groups -OCH3 is 1. The van der Waals surface area contributed by atoms with E-state index < -0.39 is 10.9 Å². The number of ether oxygens (including phenoxy) is 1. The maximum Gasteiger partial charge on any atom is 0.303 e. The van der Waals surface area contributed by atoms with Gasteiger partial charge in [0, 0.05) is 30.8 Å². The predicted molar refractivity (Wildman–Crippen MR) is 78.8 cm³/mol. The molecule has 1 unspecified atom stereocenters. The number of non-ortho nitro benzene ring substituents is 1. The standard InChI is InChI=1S/C14H20N2O5/c1-10(3-4-14(17)18)5-6-15-11-7-12(16(19)20)9-13(8-11)21-2/h7-10,15H,3-6H2,1-2H3,(H,17,18). The normalized spacial score (nSPS) is 11.7. The average molecular weight is 296 g/mol. The van der Waals surface area contributed by atoms with Gasteiger partial charge < -0.3 is 15.2 Å². The molecule has 0 aliphatic rings. The Morgan fingerprint density at radius 3 is 2.71 bits per heavy atom. The first-order valence-electron chi connectivity index (χ1n) is 6.71. The largest absolute Gasteiger partial charge is 0.496 e. The van der Waals surface area contributed by atoms with Gasteiger partial charge in [-0.15, -0.1) is 0 Å². The molecule has 116 valence electrons. The molecule has 0 radical (unpaired) electrons. The van der Waals surface area contributed by atoms with Crippen LogP contribution in [0.2, 0.25) is 0 Å². The van der Waals surface area contributed by atoms with Crippen molar-refractivity contribution in [2.45, 2.75) is 26.2 Å². The molecule has 1 aromatic rings. The van der Waals surface area contributed by atoms with Gasteiger partial charge in [0.15, 0.2) is 0 Å². The van der Waals surface area contributed by atoms with Crippen LogP contribution in [-0.4, -0.2) is 29.7 Å². The topological polar surface area (TPSA) is 102 Å². The molecule has 0 bridgehead atoms. The van der Waals surface area contributed by atoms with E-state index in [1.807, 2.05) is 6.92 Å². The lowest BCUT2D eigenvalue weighted by molar-refractivity contribution is -0.384. The highest BCUT2D eigenvalue weighted by Gasteiger charge is 2.10. The van der Waals surface area contributed by atoms with Crippen molar-refractivity contribution in [2.24, 2.45) is 5.92 Å². The van der Waals surface area contributed by atoms with E-state index >= 15 is 0 Å². The summed E-state index contributed by atoms with van der Waals surface area (Å²) in [6, 6.07) is 4.50. The molecular weight excluding hydrogens is 276 g/mol. The van der Waals surface area contributed by atoms with Gasteiger partial charge in [0.25, 0.3) is 5.69 Å². The van der Waals surface area contributed by atoms with Crippen LogP contribution in [0, 0.1) is 16.0 Å². The van der Waals surface area contributed by atoms with Crippen LogP contribution in [0.15, 0.2) is 18.2 Å². The minimum Gasteiger partial charge on any atom is -0.496 e. The van der Waals surface area contributed by atoms with Gasteiger partial charge in [-0.2, -0.15) is 0 Å². The molecule has 0 aromatic heterocycles. The number of benzene rings is 1. The number of carbonyl (C=O) groups is 1. The summed E-state index contributed by atoms with van der Waals surface area (Å²) in [5, 5.41) is 22.5. The quantitative estimate of drug-likeness (QED) is 0.536. The molecule has 0 saturated carbocycles. The van der Waals surface area contributed by atoms with Crippen LogP contribution in [-0.2, 0) is 4.79 Å². The van der Waals surface area contributed by atoms with Crippen LogP contribution < -0.4 is 10.1 Å². The minimum atomic E-state index is -0.793. The maximum absolute atomic E-state index is 10.8. The molecule has 2 N–H and O–H groups in total. The van der Waals surface area contributed by atoms with E-state index in [2.05, 4.69) is 5.32 Å². The Morgan fingerprint density at radius 2 is 2.14 bits per heavy atom. The number of nitro benzene ring substituents is 1. The Morgan fingerprint density at radius 1 is 1.43 bits per heavy atom. The number of nitro groups is 1. The van der Waals surface area contributed by atoms with Crippen LogP contribution in [0.25, 0.3) is 0 Å². The third kappa shape index (κ3) is 6.11. The Hall–Kier alpha value is -2.31. The molecule has 7 nitrogen and oxygen atoms in total. The summed E-state index contributed by atoms with van der Waals surface area (Å²) >= 11 is 0. The zero-order valence-electron chi connectivity index (χ0n) is 12.2. The minimum absolute atomic E-state index is 0.0317. The highest BCUT2D eigenvalue weighted by Crippen LogP contribution is 2.26. The Bertz CT molecular complexity index is 504. The fraction of sp³-hybridized carbons (Fsp3) is 0.500. The molecule has 7 heteroatoms. The summed E-state index contributed by atoms with van der Waals surface area (Å²) in [5.74, 6) is -0.0990. The van der Waals surface area contributed by atoms with Gasteiger partial charge in [0.1, 0.15) is 5.75 Å². The van der Waals surface area contributed by atoms with E-state index in [0.29, 0.717) is 24.4 Å². The second-order valence-corrected chi connectivity index (χ2v) is 4.93. The highest BCUT2D eigenvalue weighted by atomic mass is 16.6. The molecule has 0 saturated heterocycles. The van der Waals surface area contributed by atoms with Gasteiger partial charge in [-0.25, -0.2) is 0 Å². The average Bonchev–Trinajstić information content (AvgIpc) is 2.44. The van der Waals surface area contributed by atoms with Crippen molar-refractivity contribution >= 4 is 17.3 Å². The van der Waals surface area contributed by atoms with Crippen molar-refractivity contribution in [1.82, 2.24) is 0 Å². The summed E-state index contributed by atoms with van der Waals surface area (Å²) in [5.41, 5.74) is 0.585. The van der Waals surface area contributed by atoms with E-state index in [4.69, 9.17) is 9.84 Å². The monoisotopic (exact) mass is 296 g/mol. The van der Waals surface area contributed by atoms with Gasteiger partial charge in [0.2, 0.25) is 0 Å². The van der Waals surface area contributed by atoms with Gasteiger partial charge in [-0.3, -0.25) is 14.9 Å². The molecule has 1 atom stereocenters. The Balaban J connectivity index is 2.53. The van der Waals surface area contributed by atoms with Crippen LogP contribution >= 0.6 is 0 Å². The fourth-order valence-corrected chi connectivity index (χ4v) is 1.89. The second-order valence-electron chi connectivity index (χ2n) is 4.93. The fourth-order valence-electron chi connectivity index (χ4n) is 1.89. The van der Waals surface area contributed by atoms with Crippen LogP contribution in [0.1, 0.15) is 26.2 Å². The number of hydrogen-bond donors (Lipinski definition) is 2. The van der Waals surface area contributed by atoms with Crippen molar-refractivity contribution in [3.8, 4) is 5.75 Å². The number of nitrogens with one attached hydrogen (secondary N) is 1. The highest BCUT2D eigenvalue weighted by molar-refractivity contribution is 5.66. The molecule has 0 aliphatic heterocycles. The molecule has 1 aromatic carbocycles. The van der Waals surface area contributed by atoms with Crippen molar-refractivity contribution in [2.75, 3.05) is 19.0 Å². The molecule has 0 spiro atoms. The molecule has 0 fully saturated rings. The maximum atomic E-state index is 10.8. The lowest BCUT2D eigenvalue weighted by Crippen LogP contribution is -2.08. The molecule has 0 amide bonds. The second kappa shape index (κ2) is 8.08. The number of rotatable bonds is 9. The van der Waals surface area contributed by atoms with Crippen LogP contribution in [0.5, 0.6) is 5.75 Å². The summed E-state index contributed by atoms with van der Waals surface area (Å²) in [6.07, 6.45) is 1.57. The number of anilines is 1. The van der Waals surface area contributed by atoms with Gasteiger partial charge in [0.05, 0.1) is 18.1 Å². The molecule has 0 aliphatic carbocycles. The van der Waals surface area contributed by atoms with Crippen molar-refractivity contribution in [3.05, 3.63) is 28.3 Å². The van der Waals surface area contributed by atoms with E-state index in [9.17, 15) is 14.9 Å². The molecule has 0 heterocycles. The van der Waals surface area contributed by atoms with Crippen LogP contribution in [0.3, 0.4) is 0 Å². The number of aliphatic carboxylic acids is 1. The third-order valence-electron chi connectivity index (χ3n) is 3.16. The number of carboxylic acid groups (broad SMARTS) is 1. The zero-order chi connectivity index (χ0) is 15.8. The molecule has 1 rings (SSSR count). The summed E-state index contributed by atoms with van der Waals surface area (Å²) in [4.78, 5) is 20.8. The zero-order valence-corrected chi connectivity index (χ0v) is 12.2. The number of carboxylic acids is 1. The van der Waals surface area contributed by atoms with Gasteiger partial charge in [-0.05, 0) is 18.8 Å². The van der Waals surface area contributed by atoms with Crippen molar-refractivity contribution < 1.29 is 19.6 Å². The summed E-state index contributed by atoms with van der Waals surface area (Å²) in [6.45, 7) is 2.60. The number of hydrogen-bond acceptors (Lipinski definition) is 5. The first kappa shape index (κ1) is 16.7. The molecule has 21 heavy (non-hydrogen) atoms. The third-order valence-corrected chi connectivity index (χ3v) is 3.16. The summed E-state index contributed by atoms with van der Waals surface area (Å²) in [7, 11) is 1.46.